The number of ether oxygens (including phenoxy) is 1. The van der Waals surface area contributed by atoms with Gasteiger partial charge < -0.3 is 15.0 Å². The number of nitrogens with zero attached hydrogens (tertiary/aromatic N) is 4. The van der Waals surface area contributed by atoms with E-state index in [0.29, 0.717) is 6.10 Å². The number of likely N-dealkylation sites (tertiary alicyclic amines) is 1. The third-order valence-electron chi connectivity index (χ3n) is 8.41. The standard InChI is InChI=1S/C35H47N5O/c1-4-22-35(2,3)31-27-40-33(37-31)19-18-32(38-40)36-23-12-7-13-24-39-25-20-30(21-26-39)41-34(28-14-8-5-9-15-28)29-16-10-6-11-17-29/h5-6,8-11,14-19,27,30,34H,4,7,12-13,20-26H2,1-3H3,(H,36,38). The summed E-state index contributed by atoms with van der Waals surface area (Å²) >= 11 is 0. The van der Waals surface area contributed by atoms with E-state index >= 15 is 0 Å². The minimum Gasteiger partial charge on any atom is -0.369 e. The number of aromatic nitrogens is 3. The zero-order valence-corrected chi connectivity index (χ0v) is 25.1. The number of fused-ring (bicyclic) bond motifs is 1. The SMILES string of the molecule is CCCC(C)(C)c1cn2nc(NCCCCCN3CCC(OC(c4ccccc4)c4ccccc4)CC3)ccc2n1. The van der Waals surface area contributed by atoms with Gasteiger partial charge in [0.15, 0.2) is 5.65 Å². The molecular formula is C35H47N5O. The van der Waals surface area contributed by atoms with Crippen LogP contribution in [0.4, 0.5) is 5.82 Å². The van der Waals surface area contributed by atoms with Crippen LogP contribution in [0, 0.1) is 0 Å². The molecule has 0 amide bonds. The zero-order chi connectivity index (χ0) is 28.5. The van der Waals surface area contributed by atoms with E-state index < -0.39 is 0 Å². The van der Waals surface area contributed by atoms with Crippen molar-refractivity contribution in [2.45, 2.75) is 83.3 Å². The van der Waals surface area contributed by atoms with E-state index in [9.17, 15) is 0 Å². The molecule has 0 saturated carbocycles. The molecule has 1 aliphatic heterocycles. The smallest absolute Gasteiger partial charge is 0.153 e. The molecule has 4 aromatic rings. The monoisotopic (exact) mass is 553 g/mol. The predicted octanol–water partition coefficient (Wildman–Crippen LogP) is 7.66. The Morgan fingerprint density at radius 3 is 2.24 bits per heavy atom. The van der Waals surface area contributed by atoms with Gasteiger partial charge in [0.2, 0.25) is 0 Å². The lowest BCUT2D eigenvalue weighted by atomic mass is 9.85. The van der Waals surface area contributed by atoms with Crippen molar-refractivity contribution in [2.75, 3.05) is 31.5 Å². The number of hydrogen-bond acceptors (Lipinski definition) is 5. The van der Waals surface area contributed by atoms with Gasteiger partial charge in [0.1, 0.15) is 11.9 Å². The van der Waals surface area contributed by atoms with Crippen molar-refractivity contribution in [1.29, 1.82) is 0 Å². The Morgan fingerprint density at radius 1 is 0.902 bits per heavy atom. The highest BCUT2D eigenvalue weighted by atomic mass is 16.5. The number of hydrogen-bond donors (Lipinski definition) is 1. The topological polar surface area (TPSA) is 54.7 Å². The number of anilines is 1. The summed E-state index contributed by atoms with van der Waals surface area (Å²) in [5.74, 6) is 0.918. The van der Waals surface area contributed by atoms with Gasteiger partial charge in [0.05, 0.1) is 18.0 Å². The van der Waals surface area contributed by atoms with Gasteiger partial charge in [-0.15, -0.1) is 5.10 Å². The third kappa shape index (κ3) is 7.96. The molecular weight excluding hydrogens is 506 g/mol. The summed E-state index contributed by atoms with van der Waals surface area (Å²) in [4.78, 5) is 7.43. The van der Waals surface area contributed by atoms with Crippen molar-refractivity contribution in [1.82, 2.24) is 19.5 Å². The van der Waals surface area contributed by atoms with E-state index in [-0.39, 0.29) is 11.5 Å². The number of benzene rings is 2. The maximum atomic E-state index is 6.72. The van der Waals surface area contributed by atoms with Crippen LogP contribution in [0.5, 0.6) is 0 Å². The highest BCUT2D eigenvalue weighted by Gasteiger charge is 2.25. The number of piperidine rings is 1. The normalized spacial score (nSPS) is 15.1. The summed E-state index contributed by atoms with van der Waals surface area (Å²) < 4.78 is 8.64. The first-order chi connectivity index (χ1) is 20.0. The Hall–Kier alpha value is -3.22. The maximum absolute atomic E-state index is 6.72. The average molecular weight is 554 g/mol. The van der Waals surface area contributed by atoms with Gasteiger partial charge in [-0.2, -0.15) is 0 Å². The lowest BCUT2D eigenvalue weighted by Crippen LogP contribution is -2.38. The Bertz CT molecular complexity index is 1290. The molecule has 3 heterocycles. The minimum atomic E-state index is 0.000353. The second-order valence-electron chi connectivity index (χ2n) is 12.1. The van der Waals surface area contributed by atoms with Gasteiger partial charge in [-0.1, -0.05) is 94.3 Å². The molecule has 0 radical (unpaired) electrons. The Kier molecular flexibility index (Phi) is 10.1. The molecule has 6 heteroatoms. The molecule has 0 aliphatic carbocycles. The molecule has 41 heavy (non-hydrogen) atoms. The average Bonchev–Trinajstić information content (AvgIpc) is 3.44. The zero-order valence-electron chi connectivity index (χ0n) is 25.1. The molecule has 0 spiro atoms. The van der Waals surface area contributed by atoms with E-state index in [0.717, 1.165) is 68.9 Å². The molecule has 2 aromatic heterocycles. The fraction of sp³-hybridized carbons (Fsp3) is 0.486. The Labute approximate surface area is 246 Å². The quantitative estimate of drug-likeness (QED) is 0.163. The first kappa shape index (κ1) is 29.3. The van der Waals surface area contributed by atoms with Gasteiger partial charge in [-0.05, 0) is 61.9 Å². The van der Waals surface area contributed by atoms with Crippen LogP contribution < -0.4 is 5.32 Å². The number of nitrogens with one attached hydrogen (secondary N) is 1. The van der Waals surface area contributed by atoms with Crippen molar-refractivity contribution in [3.8, 4) is 0 Å². The lowest BCUT2D eigenvalue weighted by Gasteiger charge is -2.34. The summed E-state index contributed by atoms with van der Waals surface area (Å²) in [5, 5.41) is 8.26. The largest absolute Gasteiger partial charge is 0.369 e. The van der Waals surface area contributed by atoms with E-state index in [4.69, 9.17) is 14.8 Å². The summed E-state index contributed by atoms with van der Waals surface area (Å²) in [6.07, 6.45) is 10.4. The van der Waals surface area contributed by atoms with E-state index in [1.807, 2.05) is 10.6 Å². The van der Waals surface area contributed by atoms with Crippen LogP contribution in [0.1, 0.15) is 88.6 Å². The van der Waals surface area contributed by atoms with Crippen LogP contribution >= 0.6 is 0 Å². The molecule has 1 saturated heterocycles. The van der Waals surface area contributed by atoms with Crippen molar-refractivity contribution in [3.63, 3.8) is 0 Å². The maximum Gasteiger partial charge on any atom is 0.153 e. The van der Waals surface area contributed by atoms with Gasteiger partial charge in [-0.3, -0.25) is 0 Å². The van der Waals surface area contributed by atoms with Crippen LogP contribution in [0.15, 0.2) is 79.0 Å². The predicted molar refractivity (Wildman–Crippen MR) is 169 cm³/mol. The summed E-state index contributed by atoms with van der Waals surface area (Å²) in [6.45, 7) is 11.1. The van der Waals surface area contributed by atoms with E-state index in [1.54, 1.807) is 0 Å². The molecule has 218 valence electrons. The molecule has 1 aliphatic rings. The summed E-state index contributed by atoms with van der Waals surface area (Å²) in [7, 11) is 0. The van der Waals surface area contributed by atoms with Gasteiger partial charge in [0, 0.05) is 25.0 Å². The molecule has 2 aromatic carbocycles. The van der Waals surface area contributed by atoms with E-state index in [2.05, 4.69) is 104 Å². The van der Waals surface area contributed by atoms with Crippen molar-refractivity contribution >= 4 is 11.5 Å². The molecule has 1 fully saturated rings. The molecule has 5 rings (SSSR count). The van der Waals surface area contributed by atoms with Crippen molar-refractivity contribution < 1.29 is 4.74 Å². The molecule has 1 N–H and O–H groups in total. The van der Waals surface area contributed by atoms with Crippen molar-refractivity contribution in [2.24, 2.45) is 0 Å². The van der Waals surface area contributed by atoms with Crippen LogP contribution in [-0.4, -0.2) is 51.8 Å². The highest BCUT2D eigenvalue weighted by Crippen LogP contribution is 2.30. The Balaban J connectivity index is 1.01. The summed E-state index contributed by atoms with van der Waals surface area (Å²) in [6, 6.07) is 25.4. The van der Waals surface area contributed by atoms with Crippen LogP contribution in [0.25, 0.3) is 5.65 Å². The second-order valence-corrected chi connectivity index (χ2v) is 12.1. The number of imidazole rings is 1. The Morgan fingerprint density at radius 2 is 1.59 bits per heavy atom. The number of rotatable bonds is 14. The molecule has 0 unspecified atom stereocenters. The molecule has 6 nitrogen and oxygen atoms in total. The first-order valence-corrected chi connectivity index (χ1v) is 15.6. The molecule has 0 bridgehead atoms. The fourth-order valence-corrected chi connectivity index (χ4v) is 5.98. The first-order valence-electron chi connectivity index (χ1n) is 15.6. The van der Waals surface area contributed by atoms with Crippen LogP contribution in [0.2, 0.25) is 0 Å². The van der Waals surface area contributed by atoms with Crippen LogP contribution in [0.3, 0.4) is 0 Å². The molecule has 0 atom stereocenters. The van der Waals surface area contributed by atoms with Crippen molar-refractivity contribution in [3.05, 3.63) is 95.8 Å². The summed E-state index contributed by atoms with van der Waals surface area (Å²) in [5.41, 5.74) is 4.57. The minimum absolute atomic E-state index is 0.000353. The third-order valence-corrected chi connectivity index (χ3v) is 8.41. The van der Waals surface area contributed by atoms with E-state index in [1.165, 1.54) is 30.5 Å². The lowest BCUT2D eigenvalue weighted by molar-refractivity contribution is -0.0270. The van der Waals surface area contributed by atoms with Gasteiger partial charge in [-0.25, -0.2) is 9.50 Å². The highest BCUT2D eigenvalue weighted by molar-refractivity contribution is 5.45. The van der Waals surface area contributed by atoms with Gasteiger partial charge >= 0.3 is 0 Å². The van der Waals surface area contributed by atoms with Crippen LogP contribution in [-0.2, 0) is 10.2 Å². The number of unbranched alkanes of at least 4 members (excludes halogenated alkanes) is 2. The van der Waals surface area contributed by atoms with Gasteiger partial charge in [0.25, 0.3) is 0 Å². The fourth-order valence-electron chi connectivity index (χ4n) is 5.98. The second kappa shape index (κ2) is 14.1.